The van der Waals surface area contributed by atoms with E-state index in [0.29, 0.717) is 3.57 Å². The van der Waals surface area contributed by atoms with Crippen molar-refractivity contribution in [3.63, 3.8) is 0 Å². The maximum absolute atomic E-state index is 10.5. The largest absolute Gasteiger partial charge is 0.507 e. The van der Waals surface area contributed by atoms with Crippen molar-refractivity contribution in [1.82, 2.24) is 0 Å². The number of nitrogens with two attached hydrogens (primary N) is 1. The van der Waals surface area contributed by atoms with Crippen molar-refractivity contribution in [2.24, 2.45) is 5.73 Å². The van der Waals surface area contributed by atoms with Gasteiger partial charge in [0, 0.05) is 0 Å². The van der Waals surface area contributed by atoms with Gasteiger partial charge in [-0.15, -0.1) is 24.0 Å². The lowest BCUT2D eigenvalue weighted by atomic mass is 10.1. The number of halogens is 2. The van der Waals surface area contributed by atoms with Crippen LogP contribution in [0.4, 0.5) is 0 Å². The molecule has 0 fully saturated rings. The third kappa shape index (κ3) is 4.51. The quantitative estimate of drug-likeness (QED) is 0.630. The molecule has 4 N–H and O–H groups in total. The van der Waals surface area contributed by atoms with Crippen molar-refractivity contribution in [3.05, 3.63) is 27.3 Å². The fraction of sp³-hybridized carbons (Fsp3) is 0.222. The second-order valence-corrected chi connectivity index (χ2v) is 4.10. The molecule has 1 unspecified atom stereocenters. The Labute approximate surface area is 118 Å². The molecule has 0 bridgehead atoms. The zero-order valence-corrected chi connectivity index (χ0v) is 12.2. The lowest BCUT2D eigenvalue weighted by Crippen LogP contribution is -2.32. The number of rotatable bonds is 3. The maximum Gasteiger partial charge on any atom is 0.320 e. The molecule has 0 aliphatic carbocycles. The summed E-state index contributed by atoms with van der Waals surface area (Å²) in [6.45, 7) is 0. The van der Waals surface area contributed by atoms with Crippen LogP contribution in [0.5, 0.6) is 5.75 Å². The summed E-state index contributed by atoms with van der Waals surface area (Å²) in [6, 6.07) is 4.03. The number of phenolic OH excluding ortho intramolecular Hbond substituents is 1. The zero-order chi connectivity index (χ0) is 10.7. The van der Waals surface area contributed by atoms with Gasteiger partial charge in [-0.1, -0.05) is 6.07 Å². The Morgan fingerprint density at radius 3 is 2.60 bits per heavy atom. The normalized spacial score (nSPS) is 11.6. The van der Waals surface area contributed by atoms with Gasteiger partial charge in [-0.05, 0) is 46.7 Å². The Hall–Kier alpha value is -0.0900. The molecule has 0 saturated carbocycles. The molecule has 1 aromatic rings. The van der Waals surface area contributed by atoms with Crippen LogP contribution in [-0.4, -0.2) is 22.2 Å². The number of carboxylic acids is 1. The topological polar surface area (TPSA) is 83.5 Å². The molecular weight excluding hydrogens is 424 g/mol. The summed E-state index contributed by atoms with van der Waals surface area (Å²) < 4.78 is 0.692. The molecule has 84 valence electrons. The van der Waals surface area contributed by atoms with Gasteiger partial charge >= 0.3 is 5.97 Å². The summed E-state index contributed by atoms with van der Waals surface area (Å²) in [5, 5.41) is 17.8. The molecule has 0 radical (unpaired) electrons. The summed E-state index contributed by atoms with van der Waals surface area (Å²) in [5.41, 5.74) is 6.18. The van der Waals surface area contributed by atoms with E-state index in [0.717, 1.165) is 5.56 Å². The average Bonchev–Trinajstić information content (AvgIpc) is 2.11. The van der Waals surface area contributed by atoms with Crippen molar-refractivity contribution in [2.45, 2.75) is 12.5 Å². The predicted molar refractivity (Wildman–Crippen MR) is 75.6 cm³/mol. The minimum absolute atomic E-state index is 0. The highest BCUT2D eigenvalue weighted by atomic mass is 127. The van der Waals surface area contributed by atoms with Crippen LogP contribution in [0.2, 0.25) is 0 Å². The number of aromatic hydroxyl groups is 1. The summed E-state index contributed by atoms with van der Waals surface area (Å²) in [5.74, 6) is -0.827. The van der Waals surface area contributed by atoms with Crippen LogP contribution in [0, 0.1) is 3.57 Å². The van der Waals surface area contributed by atoms with Crippen LogP contribution in [0.1, 0.15) is 5.56 Å². The fourth-order valence-electron chi connectivity index (χ4n) is 1.02. The molecule has 0 spiro atoms. The Morgan fingerprint density at radius 1 is 1.53 bits per heavy atom. The second-order valence-electron chi connectivity index (χ2n) is 2.93. The SMILES string of the molecule is I.NC(Cc1ccc(O)c(I)c1)C(=O)O. The van der Waals surface area contributed by atoms with E-state index in [1.807, 2.05) is 22.6 Å². The number of hydrogen-bond acceptors (Lipinski definition) is 3. The van der Waals surface area contributed by atoms with Crippen LogP contribution in [0.25, 0.3) is 0 Å². The molecule has 1 aromatic carbocycles. The molecule has 0 saturated heterocycles. The molecule has 1 atom stereocenters. The number of hydrogen-bond donors (Lipinski definition) is 3. The number of phenols is 1. The van der Waals surface area contributed by atoms with E-state index in [2.05, 4.69) is 0 Å². The molecular formula is C9H11I2NO3. The van der Waals surface area contributed by atoms with Gasteiger partial charge in [0.15, 0.2) is 0 Å². The minimum atomic E-state index is -1.02. The van der Waals surface area contributed by atoms with Crippen molar-refractivity contribution in [3.8, 4) is 5.75 Å². The molecule has 0 aliphatic rings. The maximum atomic E-state index is 10.5. The minimum Gasteiger partial charge on any atom is -0.507 e. The Balaban J connectivity index is 0.00000196. The number of carbonyl (C=O) groups is 1. The first kappa shape index (κ1) is 14.9. The third-order valence-electron chi connectivity index (χ3n) is 1.78. The van der Waals surface area contributed by atoms with Crippen LogP contribution < -0.4 is 5.73 Å². The van der Waals surface area contributed by atoms with Crippen LogP contribution in [-0.2, 0) is 11.2 Å². The zero-order valence-electron chi connectivity index (χ0n) is 7.68. The number of carboxylic acid groups (broad SMARTS) is 1. The summed E-state index contributed by atoms with van der Waals surface area (Å²) >= 11 is 1.98. The van der Waals surface area contributed by atoms with Crippen LogP contribution in [0.3, 0.4) is 0 Å². The highest BCUT2D eigenvalue weighted by Crippen LogP contribution is 2.20. The fourth-order valence-corrected chi connectivity index (χ4v) is 1.60. The molecule has 1 rings (SSSR count). The van der Waals surface area contributed by atoms with Crippen molar-refractivity contribution in [2.75, 3.05) is 0 Å². The summed E-state index contributed by atoms with van der Waals surface area (Å²) in [6.07, 6.45) is 0.269. The van der Waals surface area contributed by atoms with Crippen LogP contribution >= 0.6 is 46.6 Å². The molecule has 6 heteroatoms. The Kier molecular flexibility index (Phi) is 6.44. The molecule has 0 heterocycles. The van der Waals surface area contributed by atoms with Gasteiger partial charge < -0.3 is 15.9 Å². The summed E-state index contributed by atoms with van der Waals surface area (Å²) in [7, 11) is 0. The standard InChI is InChI=1S/C9H10INO3.HI/c10-6-3-5(1-2-8(6)12)4-7(11)9(13)14;/h1-3,7,12H,4,11H2,(H,13,14);1H. The lowest BCUT2D eigenvalue weighted by molar-refractivity contribution is -0.138. The predicted octanol–water partition coefficient (Wildman–Crippen LogP) is 1.57. The molecule has 15 heavy (non-hydrogen) atoms. The highest BCUT2D eigenvalue weighted by molar-refractivity contribution is 14.1. The highest BCUT2D eigenvalue weighted by Gasteiger charge is 2.12. The van der Waals surface area contributed by atoms with Gasteiger partial charge in [-0.25, -0.2) is 0 Å². The van der Waals surface area contributed by atoms with Crippen molar-refractivity contribution < 1.29 is 15.0 Å². The smallest absolute Gasteiger partial charge is 0.320 e. The Morgan fingerprint density at radius 2 is 2.13 bits per heavy atom. The monoisotopic (exact) mass is 435 g/mol. The van der Waals surface area contributed by atoms with Gasteiger partial charge in [0.1, 0.15) is 11.8 Å². The van der Waals surface area contributed by atoms with Crippen LogP contribution in [0.15, 0.2) is 18.2 Å². The van der Waals surface area contributed by atoms with Crippen molar-refractivity contribution in [1.29, 1.82) is 0 Å². The number of benzene rings is 1. The van der Waals surface area contributed by atoms with Gasteiger partial charge in [0.2, 0.25) is 0 Å². The second kappa shape index (κ2) is 6.48. The lowest BCUT2D eigenvalue weighted by Gasteiger charge is -2.07. The molecule has 0 aromatic heterocycles. The van der Waals surface area contributed by atoms with Gasteiger partial charge in [-0.3, -0.25) is 4.79 Å². The first-order valence-corrected chi connectivity index (χ1v) is 5.04. The van der Waals surface area contributed by atoms with E-state index >= 15 is 0 Å². The van der Waals surface area contributed by atoms with Gasteiger partial charge in [0.25, 0.3) is 0 Å². The third-order valence-corrected chi connectivity index (χ3v) is 2.65. The van der Waals surface area contributed by atoms with Crippen molar-refractivity contribution >= 4 is 52.5 Å². The van der Waals surface area contributed by atoms with Gasteiger partial charge in [-0.2, -0.15) is 0 Å². The molecule has 4 nitrogen and oxygen atoms in total. The first-order valence-electron chi connectivity index (χ1n) is 3.96. The Bertz CT molecular complexity index is 357. The summed E-state index contributed by atoms with van der Waals surface area (Å²) in [4.78, 5) is 10.5. The van der Waals surface area contributed by atoms with E-state index in [1.165, 1.54) is 6.07 Å². The average molecular weight is 435 g/mol. The van der Waals surface area contributed by atoms with E-state index < -0.39 is 12.0 Å². The van der Waals surface area contributed by atoms with E-state index in [-0.39, 0.29) is 36.1 Å². The van der Waals surface area contributed by atoms with E-state index in [4.69, 9.17) is 10.8 Å². The molecule has 0 amide bonds. The first-order chi connectivity index (χ1) is 6.50. The number of aliphatic carboxylic acids is 1. The molecule has 0 aliphatic heterocycles. The van der Waals surface area contributed by atoms with Gasteiger partial charge in [0.05, 0.1) is 3.57 Å². The van der Waals surface area contributed by atoms with E-state index in [1.54, 1.807) is 12.1 Å². The van der Waals surface area contributed by atoms with E-state index in [9.17, 15) is 9.90 Å².